The van der Waals surface area contributed by atoms with E-state index >= 15 is 0 Å². The van der Waals surface area contributed by atoms with Gasteiger partial charge in [-0.3, -0.25) is 9.59 Å². The normalized spacial score (nSPS) is 14.1. The molecule has 2 N–H and O–H groups in total. The SMILES string of the molecule is Cc1ccc(C(C(=O)O)C(C)C(=O)O)cc1. The molecule has 0 amide bonds. The van der Waals surface area contributed by atoms with Crippen LogP contribution in [0.15, 0.2) is 24.3 Å². The van der Waals surface area contributed by atoms with Gasteiger partial charge in [-0.2, -0.15) is 0 Å². The van der Waals surface area contributed by atoms with Crippen LogP contribution in [0.2, 0.25) is 0 Å². The highest BCUT2D eigenvalue weighted by atomic mass is 16.4. The minimum absolute atomic E-state index is 0.521. The number of carboxylic acid groups (broad SMARTS) is 2. The van der Waals surface area contributed by atoms with Gasteiger partial charge in [-0.15, -0.1) is 0 Å². The van der Waals surface area contributed by atoms with Gasteiger partial charge in [0.25, 0.3) is 0 Å². The Morgan fingerprint density at radius 2 is 1.56 bits per heavy atom. The average Bonchev–Trinajstić information content (AvgIpc) is 2.20. The molecule has 0 fully saturated rings. The lowest BCUT2D eigenvalue weighted by Crippen LogP contribution is -2.25. The molecule has 4 nitrogen and oxygen atoms in total. The lowest BCUT2D eigenvalue weighted by atomic mass is 9.87. The van der Waals surface area contributed by atoms with Crippen LogP contribution >= 0.6 is 0 Å². The third-order valence-corrected chi connectivity index (χ3v) is 2.59. The van der Waals surface area contributed by atoms with Crippen molar-refractivity contribution in [2.45, 2.75) is 19.8 Å². The highest BCUT2D eigenvalue weighted by Crippen LogP contribution is 2.25. The maximum Gasteiger partial charge on any atom is 0.311 e. The summed E-state index contributed by atoms with van der Waals surface area (Å²) >= 11 is 0. The Hall–Kier alpha value is -1.84. The molecule has 2 atom stereocenters. The first-order valence-corrected chi connectivity index (χ1v) is 4.95. The molecule has 0 aromatic heterocycles. The van der Waals surface area contributed by atoms with Crippen molar-refractivity contribution in [3.8, 4) is 0 Å². The van der Waals surface area contributed by atoms with Gasteiger partial charge < -0.3 is 10.2 Å². The predicted molar refractivity (Wildman–Crippen MR) is 58.4 cm³/mol. The van der Waals surface area contributed by atoms with E-state index in [-0.39, 0.29) is 0 Å². The standard InChI is InChI=1S/C12H14O4/c1-7-3-5-9(6-4-7)10(12(15)16)8(2)11(13)14/h3-6,8,10H,1-2H3,(H,13,14)(H,15,16). The smallest absolute Gasteiger partial charge is 0.311 e. The largest absolute Gasteiger partial charge is 0.481 e. The van der Waals surface area contributed by atoms with Crippen LogP contribution in [0.3, 0.4) is 0 Å². The molecule has 4 heteroatoms. The molecule has 0 saturated carbocycles. The van der Waals surface area contributed by atoms with E-state index < -0.39 is 23.8 Å². The number of hydrogen-bond acceptors (Lipinski definition) is 2. The number of aliphatic carboxylic acids is 2. The summed E-state index contributed by atoms with van der Waals surface area (Å²) in [5.74, 6) is -4.16. The van der Waals surface area contributed by atoms with Gasteiger partial charge in [0.2, 0.25) is 0 Å². The number of aryl methyl sites for hydroxylation is 1. The first kappa shape index (κ1) is 12.2. The molecular formula is C12H14O4. The summed E-state index contributed by atoms with van der Waals surface area (Å²) in [6.07, 6.45) is 0. The molecule has 0 heterocycles. The van der Waals surface area contributed by atoms with E-state index in [2.05, 4.69) is 0 Å². The fourth-order valence-electron chi connectivity index (χ4n) is 1.56. The van der Waals surface area contributed by atoms with Crippen LogP contribution in [0.1, 0.15) is 24.0 Å². The van der Waals surface area contributed by atoms with Gasteiger partial charge in [0.05, 0.1) is 11.8 Å². The van der Waals surface area contributed by atoms with Crippen molar-refractivity contribution in [3.63, 3.8) is 0 Å². The van der Waals surface area contributed by atoms with Crippen molar-refractivity contribution in [3.05, 3.63) is 35.4 Å². The molecule has 0 aliphatic heterocycles. The highest BCUT2D eigenvalue weighted by Gasteiger charge is 2.31. The second kappa shape index (κ2) is 4.79. The quantitative estimate of drug-likeness (QED) is 0.815. The molecule has 0 saturated heterocycles. The Kier molecular flexibility index (Phi) is 3.66. The van der Waals surface area contributed by atoms with Crippen molar-refractivity contribution in [2.75, 3.05) is 0 Å². The summed E-state index contributed by atoms with van der Waals surface area (Å²) in [7, 11) is 0. The second-order valence-corrected chi connectivity index (χ2v) is 3.85. The fraction of sp³-hybridized carbons (Fsp3) is 0.333. The molecule has 0 bridgehead atoms. The minimum atomic E-state index is -1.11. The van der Waals surface area contributed by atoms with Crippen LogP contribution in [-0.2, 0) is 9.59 Å². The van der Waals surface area contributed by atoms with Crippen LogP contribution in [0.4, 0.5) is 0 Å². The third kappa shape index (κ3) is 2.59. The minimum Gasteiger partial charge on any atom is -0.481 e. The Balaban J connectivity index is 3.07. The fourth-order valence-corrected chi connectivity index (χ4v) is 1.56. The maximum absolute atomic E-state index is 11.1. The maximum atomic E-state index is 11.1. The number of carboxylic acids is 2. The van der Waals surface area contributed by atoms with Gasteiger partial charge in [-0.1, -0.05) is 36.8 Å². The summed E-state index contributed by atoms with van der Waals surface area (Å²) in [5, 5.41) is 17.9. The molecule has 0 radical (unpaired) electrons. The average molecular weight is 222 g/mol. The number of hydrogen-bond donors (Lipinski definition) is 2. The Labute approximate surface area is 93.5 Å². The van der Waals surface area contributed by atoms with Gasteiger partial charge in [0, 0.05) is 0 Å². The molecule has 0 aliphatic rings. The summed E-state index contributed by atoms with van der Waals surface area (Å²) in [4.78, 5) is 21.9. The zero-order valence-corrected chi connectivity index (χ0v) is 9.18. The van der Waals surface area contributed by atoms with Gasteiger partial charge in [0.1, 0.15) is 0 Å². The van der Waals surface area contributed by atoms with E-state index in [9.17, 15) is 9.59 Å². The number of rotatable bonds is 4. The first-order valence-electron chi connectivity index (χ1n) is 4.95. The van der Waals surface area contributed by atoms with Crippen LogP contribution < -0.4 is 0 Å². The monoisotopic (exact) mass is 222 g/mol. The van der Waals surface area contributed by atoms with Gasteiger partial charge >= 0.3 is 11.9 Å². The molecule has 0 aliphatic carbocycles. The van der Waals surface area contributed by atoms with Crippen LogP contribution in [0, 0.1) is 12.8 Å². The van der Waals surface area contributed by atoms with Gasteiger partial charge in [-0.05, 0) is 12.5 Å². The molecular weight excluding hydrogens is 208 g/mol. The van der Waals surface area contributed by atoms with Crippen LogP contribution in [0.5, 0.6) is 0 Å². The topological polar surface area (TPSA) is 74.6 Å². The van der Waals surface area contributed by atoms with Crippen molar-refractivity contribution < 1.29 is 19.8 Å². The molecule has 1 aromatic carbocycles. The van der Waals surface area contributed by atoms with Crippen LogP contribution in [0.25, 0.3) is 0 Å². The van der Waals surface area contributed by atoms with Gasteiger partial charge in [-0.25, -0.2) is 0 Å². The Morgan fingerprint density at radius 3 is 1.94 bits per heavy atom. The molecule has 1 aromatic rings. The van der Waals surface area contributed by atoms with E-state index in [1.807, 2.05) is 6.92 Å². The van der Waals surface area contributed by atoms with E-state index in [1.165, 1.54) is 6.92 Å². The zero-order chi connectivity index (χ0) is 12.3. The summed E-state index contributed by atoms with van der Waals surface area (Å²) in [6, 6.07) is 6.88. The number of benzene rings is 1. The van der Waals surface area contributed by atoms with Crippen molar-refractivity contribution in [1.82, 2.24) is 0 Å². The molecule has 2 unspecified atom stereocenters. The predicted octanol–water partition coefficient (Wildman–Crippen LogP) is 1.88. The molecule has 1 rings (SSSR count). The van der Waals surface area contributed by atoms with Crippen molar-refractivity contribution in [2.24, 2.45) is 5.92 Å². The first-order chi connectivity index (χ1) is 7.43. The van der Waals surface area contributed by atoms with Crippen molar-refractivity contribution >= 4 is 11.9 Å². The highest BCUT2D eigenvalue weighted by molar-refractivity contribution is 5.84. The van der Waals surface area contributed by atoms with Crippen molar-refractivity contribution in [1.29, 1.82) is 0 Å². The second-order valence-electron chi connectivity index (χ2n) is 3.85. The van der Waals surface area contributed by atoms with E-state index in [0.717, 1.165) is 5.56 Å². The van der Waals surface area contributed by atoms with Crippen LogP contribution in [-0.4, -0.2) is 22.2 Å². The third-order valence-electron chi connectivity index (χ3n) is 2.59. The summed E-state index contributed by atoms with van der Waals surface area (Å²) in [5.41, 5.74) is 1.53. The lowest BCUT2D eigenvalue weighted by Gasteiger charge is -2.16. The number of carbonyl (C=O) groups is 2. The van der Waals surface area contributed by atoms with E-state index in [4.69, 9.17) is 10.2 Å². The Morgan fingerprint density at radius 1 is 1.06 bits per heavy atom. The zero-order valence-electron chi connectivity index (χ0n) is 9.18. The Bertz CT molecular complexity index is 394. The van der Waals surface area contributed by atoms with Gasteiger partial charge in [0.15, 0.2) is 0 Å². The lowest BCUT2D eigenvalue weighted by molar-refractivity contribution is -0.149. The molecule has 0 spiro atoms. The molecule has 86 valence electrons. The van der Waals surface area contributed by atoms with E-state index in [1.54, 1.807) is 24.3 Å². The molecule has 16 heavy (non-hydrogen) atoms. The van der Waals surface area contributed by atoms with E-state index in [0.29, 0.717) is 5.56 Å². The summed E-state index contributed by atoms with van der Waals surface area (Å²) < 4.78 is 0. The summed E-state index contributed by atoms with van der Waals surface area (Å²) in [6.45, 7) is 3.29.